The predicted octanol–water partition coefficient (Wildman–Crippen LogP) is 4.38. The van der Waals surface area contributed by atoms with E-state index < -0.39 is 5.97 Å². The number of fused-ring (bicyclic) bond motifs is 1. The SMILES string of the molecule is CCN(C(=O)Cn1c(C(=O)N[C@H]2CC[C@H](C(=O)O)CC2)cc2ccc(OC)cc21)c1cccc(C)c1. The number of likely N-dealkylation sites (N-methyl/N-ethyl adjacent to an activating group) is 1. The minimum absolute atomic E-state index is 0.00699. The largest absolute Gasteiger partial charge is 0.497 e. The number of carboxylic acid groups (broad SMARTS) is 1. The summed E-state index contributed by atoms with van der Waals surface area (Å²) in [5.74, 6) is -0.883. The van der Waals surface area contributed by atoms with Gasteiger partial charge in [-0.2, -0.15) is 0 Å². The van der Waals surface area contributed by atoms with Crippen LogP contribution < -0.4 is 15.0 Å². The molecule has 0 bridgehead atoms. The second kappa shape index (κ2) is 10.8. The van der Waals surface area contributed by atoms with E-state index in [4.69, 9.17) is 4.74 Å². The van der Waals surface area contributed by atoms with Crippen molar-refractivity contribution in [3.8, 4) is 5.75 Å². The molecule has 0 atom stereocenters. The third-order valence-corrected chi connectivity index (χ3v) is 6.98. The zero-order valence-electron chi connectivity index (χ0n) is 21.0. The Labute approximate surface area is 210 Å². The van der Waals surface area contributed by atoms with Crippen LogP contribution >= 0.6 is 0 Å². The summed E-state index contributed by atoms with van der Waals surface area (Å²) in [6.45, 7) is 4.41. The highest BCUT2D eigenvalue weighted by Crippen LogP contribution is 2.28. The monoisotopic (exact) mass is 491 g/mol. The number of nitrogens with one attached hydrogen (secondary N) is 1. The zero-order valence-corrected chi connectivity index (χ0v) is 21.0. The molecule has 3 aromatic rings. The molecule has 8 heteroatoms. The van der Waals surface area contributed by atoms with Crippen LogP contribution in [0.5, 0.6) is 5.75 Å². The first-order chi connectivity index (χ1) is 17.3. The first-order valence-electron chi connectivity index (χ1n) is 12.4. The molecule has 190 valence electrons. The van der Waals surface area contributed by atoms with Gasteiger partial charge in [-0.1, -0.05) is 12.1 Å². The van der Waals surface area contributed by atoms with Crippen molar-refractivity contribution in [3.05, 3.63) is 59.8 Å². The van der Waals surface area contributed by atoms with Crippen molar-refractivity contribution >= 4 is 34.4 Å². The molecule has 1 aromatic heterocycles. The van der Waals surface area contributed by atoms with E-state index in [0.717, 1.165) is 22.2 Å². The number of carbonyl (C=O) groups is 3. The van der Waals surface area contributed by atoms with Crippen molar-refractivity contribution in [2.45, 2.75) is 52.1 Å². The Morgan fingerprint density at radius 2 is 1.83 bits per heavy atom. The summed E-state index contributed by atoms with van der Waals surface area (Å²) in [5.41, 5.74) is 3.01. The van der Waals surface area contributed by atoms with Gasteiger partial charge >= 0.3 is 5.97 Å². The van der Waals surface area contributed by atoms with E-state index in [1.165, 1.54) is 0 Å². The first-order valence-corrected chi connectivity index (χ1v) is 12.4. The molecule has 2 N–H and O–H groups in total. The smallest absolute Gasteiger partial charge is 0.306 e. The van der Waals surface area contributed by atoms with Gasteiger partial charge in [0.05, 0.1) is 18.5 Å². The van der Waals surface area contributed by atoms with Gasteiger partial charge in [0, 0.05) is 29.7 Å². The lowest BCUT2D eigenvalue weighted by Gasteiger charge is -2.27. The highest BCUT2D eigenvalue weighted by atomic mass is 16.5. The Bertz CT molecular complexity index is 1270. The molecule has 1 saturated carbocycles. The summed E-state index contributed by atoms with van der Waals surface area (Å²) in [5, 5.41) is 13.2. The number of nitrogens with zero attached hydrogens (tertiary/aromatic N) is 2. The maximum Gasteiger partial charge on any atom is 0.306 e. The normalized spacial score (nSPS) is 17.5. The number of amides is 2. The number of aryl methyl sites for hydroxylation is 1. The summed E-state index contributed by atoms with van der Waals surface area (Å²) in [6.07, 6.45) is 2.32. The number of hydrogen-bond donors (Lipinski definition) is 2. The molecule has 2 amide bonds. The number of aliphatic carboxylic acids is 1. The summed E-state index contributed by atoms with van der Waals surface area (Å²) >= 11 is 0. The molecule has 0 unspecified atom stereocenters. The van der Waals surface area contributed by atoms with E-state index in [2.05, 4.69) is 5.32 Å². The van der Waals surface area contributed by atoms with Crippen LogP contribution in [-0.4, -0.2) is 47.2 Å². The minimum atomic E-state index is -0.776. The van der Waals surface area contributed by atoms with Gasteiger partial charge in [-0.3, -0.25) is 14.4 Å². The van der Waals surface area contributed by atoms with E-state index in [9.17, 15) is 19.5 Å². The summed E-state index contributed by atoms with van der Waals surface area (Å²) < 4.78 is 7.14. The van der Waals surface area contributed by atoms with Crippen molar-refractivity contribution in [2.75, 3.05) is 18.6 Å². The summed E-state index contributed by atoms with van der Waals surface area (Å²) in [7, 11) is 1.58. The van der Waals surface area contributed by atoms with E-state index in [0.29, 0.717) is 43.7 Å². The zero-order chi connectivity index (χ0) is 25.8. The highest BCUT2D eigenvalue weighted by Gasteiger charge is 2.28. The molecule has 0 saturated heterocycles. The summed E-state index contributed by atoms with van der Waals surface area (Å²) in [6, 6.07) is 15.0. The molecule has 1 heterocycles. The van der Waals surface area contributed by atoms with Gasteiger partial charge in [-0.25, -0.2) is 0 Å². The van der Waals surface area contributed by atoms with Crippen molar-refractivity contribution in [3.63, 3.8) is 0 Å². The first kappa shape index (κ1) is 25.3. The van der Waals surface area contributed by atoms with Gasteiger partial charge < -0.3 is 24.6 Å². The van der Waals surface area contributed by atoms with E-state index in [-0.39, 0.29) is 30.3 Å². The molecule has 4 rings (SSSR count). The Morgan fingerprint density at radius 3 is 2.47 bits per heavy atom. The number of carboxylic acids is 1. The van der Waals surface area contributed by atoms with Gasteiger partial charge in [-0.15, -0.1) is 0 Å². The van der Waals surface area contributed by atoms with Crippen LogP contribution in [0.3, 0.4) is 0 Å². The van der Waals surface area contributed by atoms with E-state index in [1.54, 1.807) is 22.6 Å². The number of methoxy groups -OCH3 is 1. The second-order valence-corrected chi connectivity index (χ2v) is 9.38. The third kappa shape index (κ3) is 5.37. The molecular formula is C28H33N3O5. The summed E-state index contributed by atoms with van der Waals surface area (Å²) in [4.78, 5) is 39.9. The van der Waals surface area contributed by atoms with Crippen LogP contribution in [0.25, 0.3) is 10.9 Å². The second-order valence-electron chi connectivity index (χ2n) is 9.38. The van der Waals surface area contributed by atoms with Crippen LogP contribution in [0.4, 0.5) is 5.69 Å². The maximum atomic E-state index is 13.5. The average molecular weight is 492 g/mol. The van der Waals surface area contributed by atoms with Crippen LogP contribution in [0.2, 0.25) is 0 Å². The number of rotatable bonds is 8. The van der Waals surface area contributed by atoms with Gasteiger partial charge in [-0.05, 0) is 75.4 Å². The lowest BCUT2D eigenvalue weighted by atomic mass is 9.86. The van der Waals surface area contributed by atoms with Crippen molar-refractivity contribution in [2.24, 2.45) is 5.92 Å². The lowest BCUT2D eigenvalue weighted by molar-refractivity contribution is -0.142. The minimum Gasteiger partial charge on any atom is -0.497 e. The van der Waals surface area contributed by atoms with E-state index in [1.807, 2.05) is 56.3 Å². The topological polar surface area (TPSA) is 101 Å². The number of benzene rings is 2. The fourth-order valence-electron chi connectivity index (χ4n) is 4.98. The Morgan fingerprint density at radius 1 is 1.08 bits per heavy atom. The van der Waals surface area contributed by atoms with Gasteiger partial charge in [0.25, 0.3) is 5.91 Å². The number of aromatic nitrogens is 1. The number of carbonyl (C=O) groups excluding carboxylic acids is 2. The fourth-order valence-corrected chi connectivity index (χ4v) is 4.98. The van der Waals surface area contributed by atoms with Crippen molar-refractivity contribution < 1.29 is 24.2 Å². The number of anilines is 1. The molecule has 0 aliphatic heterocycles. The van der Waals surface area contributed by atoms with Gasteiger partial charge in [0.2, 0.25) is 5.91 Å². The molecular weight excluding hydrogens is 458 g/mol. The number of hydrogen-bond acceptors (Lipinski definition) is 4. The predicted molar refractivity (Wildman–Crippen MR) is 139 cm³/mol. The lowest BCUT2D eigenvalue weighted by Crippen LogP contribution is -2.40. The third-order valence-electron chi connectivity index (χ3n) is 6.98. The highest BCUT2D eigenvalue weighted by molar-refractivity contribution is 6.01. The maximum absolute atomic E-state index is 13.5. The molecule has 1 aliphatic carbocycles. The quantitative estimate of drug-likeness (QED) is 0.487. The van der Waals surface area contributed by atoms with Crippen molar-refractivity contribution in [1.29, 1.82) is 0 Å². The fraction of sp³-hybridized carbons (Fsp3) is 0.393. The Kier molecular flexibility index (Phi) is 7.62. The molecule has 2 aromatic carbocycles. The number of ether oxygens (including phenoxy) is 1. The standard InChI is InChI=1S/C28H33N3O5/c1-4-30(22-7-5-6-18(2)14-22)26(32)17-31-24-16-23(36-3)13-10-20(24)15-25(31)27(33)29-21-11-8-19(9-12-21)28(34)35/h5-7,10,13-16,19,21H,4,8-9,11-12,17H2,1-3H3,(H,29,33)(H,34,35)/t19-,21-. The van der Waals surface area contributed by atoms with Crippen LogP contribution in [0, 0.1) is 12.8 Å². The molecule has 1 aliphatic rings. The molecule has 36 heavy (non-hydrogen) atoms. The van der Waals surface area contributed by atoms with Crippen molar-refractivity contribution in [1.82, 2.24) is 9.88 Å². The molecule has 0 radical (unpaired) electrons. The van der Waals surface area contributed by atoms with Crippen LogP contribution in [0.15, 0.2) is 48.5 Å². The molecule has 0 spiro atoms. The molecule has 8 nitrogen and oxygen atoms in total. The average Bonchev–Trinajstić information content (AvgIpc) is 3.22. The van der Waals surface area contributed by atoms with Gasteiger partial charge in [0.15, 0.2) is 0 Å². The molecule has 1 fully saturated rings. The Balaban J connectivity index is 1.62. The van der Waals surface area contributed by atoms with Crippen LogP contribution in [-0.2, 0) is 16.1 Å². The Hall–Kier alpha value is -3.81. The van der Waals surface area contributed by atoms with Crippen LogP contribution in [0.1, 0.15) is 48.7 Å². The van der Waals surface area contributed by atoms with E-state index >= 15 is 0 Å². The van der Waals surface area contributed by atoms with Gasteiger partial charge in [0.1, 0.15) is 18.0 Å².